The van der Waals surface area contributed by atoms with Crippen molar-refractivity contribution in [1.82, 2.24) is 4.98 Å². The van der Waals surface area contributed by atoms with Gasteiger partial charge in [-0.1, -0.05) is 12.1 Å². The Hall–Kier alpha value is -3.13. The molecule has 174 valence electrons. The van der Waals surface area contributed by atoms with E-state index in [1.165, 1.54) is 13.2 Å². The molecule has 0 radical (unpaired) electrons. The number of alkyl halides is 3. The second-order valence-corrected chi connectivity index (χ2v) is 8.43. The number of fused-ring (bicyclic) bond motifs is 1. The molecule has 0 unspecified atom stereocenters. The molecule has 33 heavy (non-hydrogen) atoms. The molecule has 0 saturated heterocycles. The van der Waals surface area contributed by atoms with Gasteiger partial charge in [0.15, 0.2) is 0 Å². The van der Waals surface area contributed by atoms with Gasteiger partial charge in [-0.3, -0.25) is 4.79 Å². The minimum absolute atomic E-state index is 0.0249. The van der Waals surface area contributed by atoms with E-state index >= 15 is 0 Å². The fourth-order valence-electron chi connectivity index (χ4n) is 4.03. The van der Waals surface area contributed by atoms with Crippen LogP contribution in [0.15, 0.2) is 54.6 Å². The van der Waals surface area contributed by atoms with Gasteiger partial charge >= 0.3 is 12.1 Å². The quantitative estimate of drug-likeness (QED) is 0.337. The maximum Gasteiger partial charge on any atom is 0.416 e. The van der Waals surface area contributed by atoms with Gasteiger partial charge in [-0.05, 0) is 62.2 Å². The number of hydrogen-bond acceptors (Lipinski definition) is 5. The van der Waals surface area contributed by atoms with E-state index in [-0.39, 0.29) is 12.1 Å². The van der Waals surface area contributed by atoms with Gasteiger partial charge in [0.1, 0.15) is 12.4 Å². The third kappa shape index (κ3) is 5.11. The van der Waals surface area contributed by atoms with Gasteiger partial charge in [0, 0.05) is 10.9 Å². The number of esters is 1. The second kappa shape index (κ2) is 9.02. The maximum absolute atomic E-state index is 13.0. The molecule has 0 spiro atoms. The summed E-state index contributed by atoms with van der Waals surface area (Å²) in [5.41, 5.74) is 0.465. The first-order chi connectivity index (χ1) is 15.7. The van der Waals surface area contributed by atoms with E-state index in [4.69, 9.17) is 14.2 Å². The van der Waals surface area contributed by atoms with Crippen LogP contribution in [0.5, 0.6) is 5.75 Å². The Morgan fingerprint density at radius 2 is 1.76 bits per heavy atom. The normalized spacial score (nSPS) is 20.3. The highest BCUT2D eigenvalue weighted by atomic mass is 19.4. The highest BCUT2D eigenvalue weighted by Gasteiger charge is 2.47. The molecule has 5 nitrogen and oxygen atoms in total. The van der Waals surface area contributed by atoms with Crippen LogP contribution in [0, 0.1) is 5.41 Å². The predicted molar refractivity (Wildman–Crippen MR) is 117 cm³/mol. The maximum atomic E-state index is 13.0. The third-order valence-electron chi connectivity index (χ3n) is 5.91. The molecule has 0 aliphatic heterocycles. The summed E-state index contributed by atoms with van der Waals surface area (Å²) in [6, 6.07) is 14.3. The largest absolute Gasteiger partial charge is 0.491 e. The molecular formula is C25H24F3NO4. The van der Waals surface area contributed by atoms with Crippen molar-refractivity contribution in [2.24, 2.45) is 5.41 Å². The summed E-state index contributed by atoms with van der Waals surface area (Å²) in [6.45, 7) is 2.63. The Kier molecular flexibility index (Phi) is 6.30. The first-order valence-electron chi connectivity index (χ1n) is 10.6. The highest BCUT2D eigenvalue weighted by molar-refractivity contribution is 5.82. The smallest absolute Gasteiger partial charge is 0.416 e. The van der Waals surface area contributed by atoms with Gasteiger partial charge in [0.25, 0.3) is 0 Å². The van der Waals surface area contributed by atoms with E-state index in [0.717, 1.165) is 17.7 Å². The van der Waals surface area contributed by atoms with Crippen LogP contribution < -0.4 is 4.74 Å². The Labute approximate surface area is 189 Å². The molecule has 1 saturated carbocycles. The van der Waals surface area contributed by atoms with Crippen molar-refractivity contribution in [3.05, 3.63) is 60.2 Å². The van der Waals surface area contributed by atoms with Crippen LogP contribution in [0.1, 0.15) is 25.3 Å². The number of halogens is 3. The summed E-state index contributed by atoms with van der Waals surface area (Å²) >= 11 is 0. The zero-order chi connectivity index (χ0) is 23.6. The Balaban J connectivity index is 1.31. The lowest BCUT2D eigenvalue weighted by Crippen LogP contribution is -2.46. The molecule has 0 atom stereocenters. The van der Waals surface area contributed by atoms with Gasteiger partial charge in [-0.15, -0.1) is 0 Å². The van der Waals surface area contributed by atoms with Gasteiger partial charge < -0.3 is 14.2 Å². The number of hydrogen-bond donors (Lipinski definition) is 0. The minimum Gasteiger partial charge on any atom is -0.491 e. The van der Waals surface area contributed by atoms with Crippen LogP contribution in [0.3, 0.4) is 0 Å². The molecule has 0 N–H and O–H groups in total. The number of nitrogens with zero attached hydrogens (tertiary/aromatic N) is 1. The third-order valence-corrected chi connectivity index (χ3v) is 5.91. The molecule has 1 aliphatic carbocycles. The summed E-state index contributed by atoms with van der Waals surface area (Å²) in [7, 11) is 1.39. The molecular weight excluding hydrogens is 435 g/mol. The van der Waals surface area contributed by atoms with E-state index in [0.29, 0.717) is 48.4 Å². The van der Waals surface area contributed by atoms with Crippen LogP contribution in [-0.2, 0) is 20.4 Å². The van der Waals surface area contributed by atoms with E-state index in [9.17, 15) is 18.0 Å². The molecule has 2 aromatic carbocycles. The van der Waals surface area contributed by atoms with Crippen molar-refractivity contribution < 1.29 is 32.2 Å². The van der Waals surface area contributed by atoms with Crippen molar-refractivity contribution in [3.8, 4) is 17.0 Å². The average Bonchev–Trinajstić information content (AvgIpc) is 2.78. The molecule has 4 rings (SSSR count). The fraction of sp³-hybridized carbons (Fsp3) is 0.360. The number of aromatic nitrogens is 1. The van der Waals surface area contributed by atoms with Gasteiger partial charge in [-0.2, -0.15) is 13.2 Å². The lowest BCUT2D eigenvalue weighted by molar-refractivity contribution is -0.168. The fourth-order valence-corrected chi connectivity index (χ4v) is 4.03. The summed E-state index contributed by atoms with van der Waals surface area (Å²) in [5.74, 6) is 0.441. The summed E-state index contributed by atoms with van der Waals surface area (Å²) in [4.78, 5) is 16.1. The Morgan fingerprint density at radius 3 is 2.42 bits per heavy atom. The lowest BCUT2D eigenvalue weighted by Gasteiger charge is -2.42. The highest BCUT2D eigenvalue weighted by Crippen LogP contribution is 2.43. The number of methoxy groups -OCH3 is 1. The lowest BCUT2D eigenvalue weighted by atomic mass is 9.68. The number of rotatable bonds is 7. The van der Waals surface area contributed by atoms with Gasteiger partial charge in [-0.25, -0.2) is 4.98 Å². The van der Waals surface area contributed by atoms with E-state index in [1.54, 1.807) is 24.3 Å². The zero-order valence-electron chi connectivity index (χ0n) is 18.3. The molecule has 0 amide bonds. The Bertz CT molecular complexity index is 1140. The number of ether oxygens (including phenoxy) is 3. The molecule has 1 heterocycles. The molecule has 0 bridgehead atoms. The first-order valence-corrected chi connectivity index (χ1v) is 10.6. The van der Waals surface area contributed by atoms with Crippen LogP contribution in [0.4, 0.5) is 13.2 Å². The molecule has 1 aliphatic rings. The average molecular weight is 459 g/mol. The number of benzene rings is 2. The first kappa shape index (κ1) is 23.0. The van der Waals surface area contributed by atoms with Crippen molar-refractivity contribution in [2.75, 3.05) is 20.3 Å². The van der Waals surface area contributed by atoms with Crippen LogP contribution in [0.2, 0.25) is 0 Å². The standard InChI is InChI=1S/C25H24F3NO4/c1-24(23(30)31-2)14-20(15-24)33-12-11-32-19-8-4-16(5-9-19)21-10-6-17-3-7-18(25(26,27)28)13-22(17)29-21/h3-10,13,20H,11-12,14-15H2,1-2H3. The van der Waals surface area contributed by atoms with Crippen LogP contribution in [0.25, 0.3) is 22.2 Å². The Morgan fingerprint density at radius 1 is 1.06 bits per heavy atom. The number of carbonyl (C=O) groups is 1. The SMILES string of the molecule is COC(=O)C1(C)CC(OCCOc2ccc(-c3ccc4ccc(C(F)(F)F)cc4n3)cc2)C1. The van der Waals surface area contributed by atoms with Crippen molar-refractivity contribution in [1.29, 1.82) is 0 Å². The van der Waals surface area contributed by atoms with E-state index in [2.05, 4.69) is 4.98 Å². The van der Waals surface area contributed by atoms with E-state index < -0.39 is 17.2 Å². The molecule has 3 aromatic rings. The summed E-state index contributed by atoms with van der Waals surface area (Å²) < 4.78 is 55.2. The minimum atomic E-state index is -4.41. The van der Waals surface area contributed by atoms with Crippen molar-refractivity contribution in [2.45, 2.75) is 32.0 Å². The van der Waals surface area contributed by atoms with Crippen molar-refractivity contribution >= 4 is 16.9 Å². The van der Waals surface area contributed by atoms with Gasteiger partial charge in [0.2, 0.25) is 0 Å². The summed E-state index contributed by atoms with van der Waals surface area (Å²) in [6.07, 6.45) is -3.11. The number of carbonyl (C=O) groups excluding carboxylic acids is 1. The monoisotopic (exact) mass is 459 g/mol. The molecule has 1 fully saturated rings. The number of pyridine rings is 1. The molecule has 8 heteroatoms. The second-order valence-electron chi connectivity index (χ2n) is 8.43. The topological polar surface area (TPSA) is 57.7 Å². The predicted octanol–water partition coefficient (Wildman–Crippen LogP) is 5.66. The summed E-state index contributed by atoms with van der Waals surface area (Å²) in [5, 5.41) is 0.644. The zero-order valence-corrected chi connectivity index (χ0v) is 18.3. The van der Waals surface area contributed by atoms with Crippen LogP contribution in [-0.4, -0.2) is 37.4 Å². The van der Waals surface area contributed by atoms with Crippen LogP contribution >= 0.6 is 0 Å². The van der Waals surface area contributed by atoms with Gasteiger partial charge in [0.05, 0.1) is 42.0 Å². The van der Waals surface area contributed by atoms with E-state index in [1.807, 2.05) is 19.1 Å². The van der Waals surface area contributed by atoms with Crippen molar-refractivity contribution in [3.63, 3.8) is 0 Å². The molecule has 1 aromatic heterocycles.